The smallest absolute Gasteiger partial charge is 0.272 e. The van der Waals surface area contributed by atoms with Gasteiger partial charge in [0.05, 0.1) is 5.02 Å². The number of sulfonamides is 1. The fraction of sp³-hybridized carbons (Fsp3) is 0.312. The number of nitrogens with zero attached hydrogens (tertiary/aromatic N) is 2. The van der Waals surface area contributed by atoms with Crippen molar-refractivity contribution in [3.8, 4) is 0 Å². The first-order valence-electron chi connectivity index (χ1n) is 7.72. The van der Waals surface area contributed by atoms with Gasteiger partial charge in [-0.2, -0.15) is 4.31 Å². The average molecular weight is 386 g/mol. The van der Waals surface area contributed by atoms with Gasteiger partial charge in [0.2, 0.25) is 10.0 Å². The first-order chi connectivity index (χ1) is 11.8. The maximum absolute atomic E-state index is 13.2. The van der Waals surface area contributed by atoms with Gasteiger partial charge in [0, 0.05) is 32.0 Å². The first kappa shape index (κ1) is 17.9. The van der Waals surface area contributed by atoms with E-state index in [1.807, 2.05) is 0 Å². The molecule has 0 bridgehead atoms. The van der Waals surface area contributed by atoms with E-state index in [0.717, 1.165) is 18.9 Å². The fourth-order valence-electron chi connectivity index (χ4n) is 2.75. The van der Waals surface area contributed by atoms with Crippen LogP contribution < -0.4 is 5.32 Å². The lowest BCUT2D eigenvalue weighted by Crippen LogP contribution is -2.27. The van der Waals surface area contributed by atoms with Crippen molar-refractivity contribution in [3.63, 3.8) is 0 Å². The maximum Gasteiger partial charge on any atom is 0.272 e. The van der Waals surface area contributed by atoms with E-state index >= 15 is 0 Å². The summed E-state index contributed by atoms with van der Waals surface area (Å²) in [5.74, 6) is -1.09. The van der Waals surface area contributed by atoms with Crippen LogP contribution in [0.5, 0.6) is 0 Å². The van der Waals surface area contributed by atoms with E-state index in [0.29, 0.717) is 18.8 Å². The van der Waals surface area contributed by atoms with E-state index < -0.39 is 21.7 Å². The summed E-state index contributed by atoms with van der Waals surface area (Å²) in [5.41, 5.74) is 0.500. The third-order valence-corrected chi connectivity index (χ3v) is 6.25. The van der Waals surface area contributed by atoms with E-state index in [2.05, 4.69) is 5.32 Å². The molecule has 1 aliphatic heterocycles. The van der Waals surface area contributed by atoms with Crippen LogP contribution in [0.2, 0.25) is 5.02 Å². The standard InChI is InChI=1S/C16H17ClFN3O3S/c1-20-10-12(25(23,24)21-6-2-3-7-21)9-15(20)16(22)19-11-4-5-14(18)13(17)8-11/h4-5,8-10H,2-3,6-7H2,1H3,(H,19,22). The Morgan fingerprint density at radius 1 is 1.24 bits per heavy atom. The van der Waals surface area contributed by atoms with Gasteiger partial charge in [0.15, 0.2) is 0 Å². The maximum atomic E-state index is 13.2. The monoisotopic (exact) mass is 385 g/mol. The molecule has 0 spiro atoms. The zero-order valence-corrected chi connectivity index (χ0v) is 15.1. The van der Waals surface area contributed by atoms with E-state index in [1.165, 1.54) is 33.3 Å². The summed E-state index contributed by atoms with van der Waals surface area (Å²) in [6, 6.07) is 5.16. The van der Waals surface area contributed by atoms with Crippen molar-refractivity contribution in [2.45, 2.75) is 17.7 Å². The molecule has 0 saturated carbocycles. The second-order valence-corrected chi connectivity index (χ2v) is 8.21. The molecule has 25 heavy (non-hydrogen) atoms. The summed E-state index contributed by atoms with van der Waals surface area (Å²) in [6.45, 7) is 0.986. The van der Waals surface area contributed by atoms with Gasteiger partial charge in [-0.05, 0) is 37.1 Å². The molecule has 6 nitrogen and oxygen atoms in total. The molecular weight excluding hydrogens is 369 g/mol. The van der Waals surface area contributed by atoms with E-state index in [-0.39, 0.29) is 15.6 Å². The Kier molecular flexibility index (Phi) is 4.86. The lowest BCUT2D eigenvalue weighted by molar-refractivity contribution is 0.101. The summed E-state index contributed by atoms with van der Waals surface area (Å²) < 4.78 is 41.2. The van der Waals surface area contributed by atoms with Crippen molar-refractivity contribution in [1.29, 1.82) is 0 Å². The van der Waals surface area contributed by atoms with Crippen molar-refractivity contribution in [2.75, 3.05) is 18.4 Å². The minimum atomic E-state index is -3.60. The molecule has 1 N–H and O–H groups in total. The predicted molar refractivity (Wildman–Crippen MR) is 92.8 cm³/mol. The van der Waals surface area contributed by atoms with Crippen molar-refractivity contribution < 1.29 is 17.6 Å². The summed E-state index contributed by atoms with van der Waals surface area (Å²) in [4.78, 5) is 12.5. The Hall–Kier alpha value is -1.90. The Balaban J connectivity index is 1.84. The van der Waals surface area contributed by atoms with Crippen LogP contribution in [0.4, 0.5) is 10.1 Å². The molecule has 1 aromatic carbocycles. The van der Waals surface area contributed by atoms with Gasteiger partial charge in [0.1, 0.15) is 16.4 Å². The lowest BCUT2D eigenvalue weighted by Gasteiger charge is -2.13. The topological polar surface area (TPSA) is 71.4 Å². The highest BCUT2D eigenvalue weighted by Gasteiger charge is 2.29. The third-order valence-electron chi connectivity index (χ3n) is 4.09. The summed E-state index contributed by atoms with van der Waals surface area (Å²) in [6.07, 6.45) is 3.09. The number of amides is 1. The zero-order chi connectivity index (χ0) is 18.2. The van der Waals surface area contributed by atoms with Crippen molar-refractivity contribution in [2.24, 2.45) is 7.05 Å². The van der Waals surface area contributed by atoms with Crippen molar-refractivity contribution in [1.82, 2.24) is 8.87 Å². The van der Waals surface area contributed by atoms with Crippen LogP contribution in [0.1, 0.15) is 23.3 Å². The molecule has 1 aromatic heterocycles. The number of halogens is 2. The second kappa shape index (κ2) is 6.78. The lowest BCUT2D eigenvalue weighted by atomic mass is 10.3. The van der Waals surface area contributed by atoms with Crippen LogP contribution in [-0.4, -0.2) is 36.3 Å². The van der Waals surface area contributed by atoms with E-state index in [9.17, 15) is 17.6 Å². The van der Waals surface area contributed by atoms with Crippen LogP contribution in [0.15, 0.2) is 35.4 Å². The van der Waals surface area contributed by atoms with Crippen LogP contribution in [0.25, 0.3) is 0 Å². The quantitative estimate of drug-likeness (QED) is 0.879. The van der Waals surface area contributed by atoms with Crippen LogP contribution in [0, 0.1) is 5.82 Å². The number of carbonyl (C=O) groups excluding carboxylic acids is 1. The molecule has 0 atom stereocenters. The number of carbonyl (C=O) groups is 1. The van der Waals surface area contributed by atoms with Gasteiger partial charge >= 0.3 is 0 Å². The predicted octanol–water partition coefficient (Wildman–Crippen LogP) is 2.85. The Bertz CT molecular complexity index is 921. The molecule has 2 heterocycles. The molecule has 1 saturated heterocycles. The zero-order valence-electron chi connectivity index (χ0n) is 13.5. The van der Waals surface area contributed by atoms with Gasteiger partial charge in [-0.3, -0.25) is 4.79 Å². The van der Waals surface area contributed by atoms with Gasteiger partial charge in [-0.25, -0.2) is 12.8 Å². The minimum absolute atomic E-state index is 0.0826. The van der Waals surface area contributed by atoms with Crippen molar-refractivity contribution >= 4 is 33.2 Å². The highest BCUT2D eigenvalue weighted by molar-refractivity contribution is 7.89. The largest absolute Gasteiger partial charge is 0.345 e. The van der Waals surface area contributed by atoms with E-state index in [1.54, 1.807) is 7.05 Å². The Morgan fingerprint density at radius 2 is 1.92 bits per heavy atom. The molecule has 1 aliphatic rings. The minimum Gasteiger partial charge on any atom is -0.345 e. The number of nitrogens with one attached hydrogen (secondary N) is 1. The van der Waals surface area contributed by atoms with Gasteiger partial charge in [-0.15, -0.1) is 0 Å². The highest BCUT2D eigenvalue weighted by atomic mass is 35.5. The van der Waals surface area contributed by atoms with Gasteiger partial charge in [0.25, 0.3) is 5.91 Å². The fourth-order valence-corrected chi connectivity index (χ4v) is 4.52. The Labute approximate surface area is 150 Å². The number of hydrogen-bond donors (Lipinski definition) is 1. The normalized spacial score (nSPS) is 15.5. The Morgan fingerprint density at radius 3 is 2.56 bits per heavy atom. The molecule has 0 aliphatic carbocycles. The van der Waals surface area contributed by atoms with Gasteiger partial charge in [-0.1, -0.05) is 11.6 Å². The third kappa shape index (κ3) is 3.56. The molecule has 3 rings (SSSR count). The number of aryl methyl sites for hydroxylation is 1. The SMILES string of the molecule is Cn1cc(S(=O)(=O)N2CCCC2)cc1C(=O)Nc1ccc(F)c(Cl)c1. The number of hydrogen-bond acceptors (Lipinski definition) is 3. The van der Waals surface area contributed by atoms with Gasteiger partial charge < -0.3 is 9.88 Å². The highest BCUT2D eigenvalue weighted by Crippen LogP contribution is 2.24. The van der Waals surface area contributed by atoms with E-state index in [4.69, 9.17) is 11.6 Å². The summed E-state index contributed by atoms with van der Waals surface area (Å²) in [5, 5.41) is 2.47. The van der Waals surface area contributed by atoms with Crippen LogP contribution >= 0.6 is 11.6 Å². The number of aromatic nitrogens is 1. The molecule has 1 amide bonds. The second-order valence-electron chi connectivity index (χ2n) is 5.87. The summed E-state index contributed by atoms with van der Waals surface area (Å²) >= 11 is 5.69. The molecular formula is C16H17ClFN3O3S. The van der Waals surface area contributed by atoms with Crippen molar-refractivity contribution in [3.05, 3.63) is 47.0 Å². The number of benzene rings is 1. The molecule has 2 aromatic rings. The molecule has 1 fully saturated rings. The average Bonchev–Trinajstić information content (AvgIpc) is 3.21. The van der Waals surface area contributed by atoms with Crippen LogP contribution in [-0.2, 0) is 17.1 Å². The molecule has 9 heteroatoms. The first-order valence-corrected chi connectivity index (χ1v) is 9.54. The molecule has 134 valence electrons. The molecule has 0 unspecified atom stereocenters. The number of rotatable bonds is 4. The summed E-state index contributed by atoms with van der Waals surface area (Å²) in [7, 11) is -2.00. The van der Waals surface area contributed by atoms with Crippen LogP contribution in [0.3, 0.4) is 0 Å². The molecule has 0 radical (unpaired) electrons. The number of anilines is 1.